The number of hydrogen-bond donors (Lipinski definition) is 1. The standard InChI is InChI=1S/C22H20ClN5O3/c1-13-5-4-6-18(15(13)3)31-21-20-26-28(22(30)27(20)10-9-24-21)12-19(29)25-16-8-7-14(2)17(23)11-16/h4-11H,12H2,1-3H3,(H,25,29). The van der Waals surface area contributed by atoms with Crippen molar-refractivity contribution in [3.8, 4) is 11.6 Å². The minimum Gasteiger partial charge on any atom is -0.436 e. The summed E-state index contributed by atoms with van der Waals surface area (Å²) >= 11 is 6.10. The molecule has 0 radical (unpaired) electrons. The summed E-state index contributed by atoms with van der Waals surface area (Å²) in [7, 11) is 0. The number of aromatic nitrogens is 4. The van der Waals surface area contributed by atoms with Crippen molar-refractivity contribution in [1.82, 2.24) is 19.2 Å². The van der Waals surface area contributed by atoms with E-state index < -0.39 is 11.6 Å². The van der Waals surface area contributed by atoms with E-state index in [0.717, 1.165) is 21.4 Å². The highest BCUT2D eigenvalue weighted by atomic mass is 35.5. The Morgan fingerprint density at radius 1 is 1.16 bits per heavy atom. The van der Waals surface area contributed by atoms with E-state index in [9.17, 15) is 9.59 Å². The molecule has 0 aliphatic heterocycles. The SMILES string of the molecule is Cc1ccc(NC(=O)Cn2nc3c(Oc4cccc(C)c4C)nccn3c2=O)cc1Cl. The molecule has 31 heavy (non-hydrogen) atoms. The van der Waals surface area contributed by atoms with Crippen LogP contribution in [-0.4, -0.2) is 25.1 Å². The van der Waals surface area contributed by atoms with Crippen LogP contribution < -0.4 is 15.7 Å². The first-order valence-corrected chi connectivity index (χ1v) is 9.95. The van der Waals surface area contributed by atoms with Gasteiger partial charge in [0.25, 0.3) is 5.88 Å². The average Bonchev–Trinajstić information content (AvgIpc) is 3.05. The normalized spacial score (nSPS) is 11.0. The van der Waals surface area contributed by atoms with Crippen LogP contribution in [0, 0.1) is 20.8 Å². The van der Waals surface area contributed by atoms with Crippen LogP contribution in [0.5, 0.6) is 11.6 Å². The van der Waals surface area contributed by atoms with Gasteiger partial charge in [0.2, 0.25) is 11.6 Å². The van der Waals surface area contributed by atoms with Gasteiger partial charge in [-0.1, -0.05) is 29.8 Å². The van der Waals surface area contributed by atoms with Crippen LogP contribution in [-0.2, 0) is 11.3 Å². The van der Waals surface area contributed by atoms with Gasteiger partial charge in [0.15, 0.2) is 0 Å². The lowest BCUT2D eigenvalue weighted by Crippen LogP contribution is -2.28. The summed E-state index contributed by atoms with van der Waals surface area (Å²) < 4.78 is 8.30. The van der Waals surface area contributed by atoms with E-state index >= 15 is 0 Å². The zero-order chi connectivity index (χ0) is 22.1. The molecule has 4 aromatic rings. The molecule has 8 nitrogen and oxygen atoms in total. The number of aryl methyl sites for hydroxylation is 2. The summed E-state index contributed by atoms with van der Waals surface area (Å²) in [4.78, 5) is 29.4. The maximum Gasteiger partial charge on any atom is 0.351 e. The number of amides is 1. The Morgan fingerprint density at radius 3 is 2.74 bits per heavy atom. The smallest absolute Gasteiger partial charge is 0.351 e. The van der Waals surface area contributed by atoms with Gasteiger partial charge in [0, 0.05) is 23.1 Å². The van der Waals surface area contributed by atoms with Gasteiger partial charge in [-0.15, -0.1) is 5.10 Å². The molecule has 0 unspecified atom stereocenters. The number of fused-ring (bicyclic) bond motifs is 1. The number of halogens is 1. The minimum atomic E-state index is -0.472. The van der Waals surface area contributed by atoms with Crippen LogP contribution in [0.3, 0.4) is 0 Å². The number of carbonyl (C=O) groups is 1. The van der Waals surface area contributed by atoms with Gasteiger partial charge in [0.05, 0.1) is 0 Å². The first-order valence-electron chi connectivity index (χ1n) is 9.58. The minimum absolute atomic E-state index is 0.178. The molecule has 4 rings (SSSR count). The van der Waals surface area contributed by atoms with E-state index in [4.69, 9.17) is 16.3 Å². The second-order valence-corrected chi connectivity index (χ2v) is 7.59. The fourth-order valence-corrected chi connectivity index (χ4v) is 3.23. The van der Waals surface area contributed by atoms with Gasteiger partial charge in [-0.25, -0.2) is 18.9 Å². The van der Waals surface area contributed by atoms with Crippen molar-refractivity contribution in [2.75, 3.05) is 5.32 Å². The molecular weight excluding hydrogens is 418 g/mol. The van der Waals surface area contributed by atoms with Crippen LogP contribution >= 0.6 is 11.6 Å². The third-order valence-corrected chi connectivity index (χ3v) is 5.39. The highest BCUT2D eigenvalue weighted by molar-refractivity contribution is 6.31. The molecule has 2 aromatic heterocycles. The summed E-state index contributed by atoms with van der Waals surface area (Å²) in [6, 6.07) is 10.9. The first-order chi connectivity index (χ1) is 14.8. The van der Waals surface area contributed by atoms with Crippen molar-refractivity contribution in [1.29, 1.82) is 0 Å². The number of nitrogens with one attached hydrogen (secondary N) is 1. The van der Waals surface area contributed by atoms with Gasteiger partial charge in [0.1, 0.15) is 12.3 Å². The third kappa shape index (κ3) is 4.15. The van der Waals surface area contributed by atoms with E-state index in [0.29, 0.717) is 16.5 Å². The predicted octanol–water partition coefficient (Wildman–Crippen LogP) is 3.90. The van der Waals surface area contributed by atoms with E-state index in [-0.39, 0.29) is 18.1 Å². The predicted molar refractivity (Wildman–Crippen MR) is 118 cm³/mol. The number of hydrogen-bond acceptors (Lipinski definition) is 5. The lowest BCUT2D eigenvalue weighted by molar-refractivity contribution is -0.117. The third-order valence-electron chi connectivity index (χ3n) is 4.98. The van der Waals surface area contributed by atoms with Crippen molar-refractivity contribution in [2.24, 2.45) is 0 Å². The Balaban J connectivity index is 1.61. The van der Waals surface area contributed by atoms with Gasteiger partial charge in [-0.2, -0.15) is 0 Å². The number of rotatable bonds is 5. The lowest BCUT2D eigenvalue weighted by atomic mass is 10.1. The molecule has 0 bridgehead atoms. The largest absolute Gasteiger partial charge is 0.436 e. The number of benzene rings is 2. The van der Waals surface area contributed by atoms with E-state index in [1.807, 2.05) is 39.0 Å². The van der Waals surface area contributed by atoms with Crippen molar-refractivity contribution in [3.05, 3.63) is 81.0 Å². The maximum atomic E-state index is 12.7. The molecule has 158 valence electrons. The summed E-state index contributed by atoms with van der Waals surface area (Å²) in [5.74, 6) is 0.393. The van der Waals surface area contributed by atoms with Crippen LogP contribution in [0.2, 0.25) is 5.02 Å². The summed E-state index contributed by atoms with van der Waals surface area (Å²) in [5, 5.41) is 7.53. The number of carbonyl (C=O) groups excluding carboxylic acids is 1. The quantitative estimate of drug-likeness (QED) is 0.511. The number of ether oxygens (including phenoxy) is 1. The Hall–Kier alpha value is -3.65. The second kappa shape index (κ2) is 8.23. The Labute approximate surface area is 183 Å². The Bertz CT molecular complexity index is 1360. The molecule has 1 N–H and O–H groups in total. The molecule has 2 aromatic carbocycles. The zero-order valence-corrected chi connectivity index (χ0v) is 18.0. The van der Waals surface area contributed by atoms with Gasteiger partial charge in [-0.3, -0.25) is 4.79 Å². The van der Waals surface area contributed by atoms with Crippen molar-refractivity contribution in [2.45, 2.75) is 27.3 Å². The molecule has 0 atom stereocenters. The van der Waals surface area contributed by atoms with Crippen LogP contribution in [0.4, 0.5) is 5.69 Å². The van der Waals surface area contributed by atoms with Crippen molar-refractivity contribution >= 4 is 28.8 Å². The fraction of sp³-hybridized carbons (Fsp3) is 0.182. The lowest BCUT2D eigenvalue weighted by Gasteiger charge is -2.09. The topological polar surface area (TPSA) is 90.5 Å². The highest BCUT2D eigenvalue weighted by Gasteiger charge is 2.16. The monoisotopic (exact) mass is 437 g/mol. The zero-order valence-electron chi connectivity index (χ0n) is 17.2. The molecule has 0 saturated heterocycles. The van der Waals surface area contributed by atoms with Crippen LogP contribution in [0.1, 0.15) is 16.7 Å². The molecule has 0 fully saturated rings. The maximum absolute atomic E-state index is 12.7. The fourth-order valence-electron chi connectivity index (χ4n) is 3.05. The van der Waals surface area contributed by atoms with E-state index in [1.54, 1.807) is 18.2 Å². The molecule has 0 aliphatic rings. The van der Waals surface area contributed by atoms with E-state index in [1.165, 1.54) is 16.8 Å². The van der Waals surface area contributed by atoms with Crippen LogP contribution in [0.15, 0.2) is 53.6 Å². The molecule has 2 heterocycles. The van der Waals surface area contributed by atoms with Crippen molar-refractivity contribution in [3.63, 3.8) is 0 Å². The first kappa shape index (κ1) is 20.6. The summed E-state index contributed by atoms with van der Waals surface area (Å²) in [6.45, 7) is 5.53. The Morgan fingerprint density at radius 2 is 1.97 bits per heavy atom. The average molecular weight is 438 g/mol. The van der Waals surface area contributed by atoms with Crippen LogP contribution in [0.25, 0.3) is 5.65 Å². The van der Waals surface area contributed by atoms with E-state index in [2.05, 4.69) is 15.4 Å². The number of anilines is 1. The molecule has 9 heteroatoms. The Kier molecular flexibility index (Phi) is 5.48. The second-order valence-electron chi connectivity index (χ2n) is 7.18. The van der Waals surface area contributed by atoms with Gasteiger partial charge >= 0.3 is 5.69 Å². The molecule has 0 saturated carbocycles. The molecular formula is C22H20ClN5O3. The van der Waals surface area contributed by atoms with Gasteiger partial charge in [-0.05, 0) is 55.7 Å². The highest BCUT2D eigenvalue weighted by Crippen LogP contribution is 2.27. The number of nitrogens with zero attached hydrogens (tertiary/aromatic N) is 4. The molecule has 0 aliphatic carbocycles. The summed E-state index contributed by atoms with van der Waals surface area (Å²) in [5.41, 5.74) is 3.22. The van der Waals surface area contributed by atoms with Crippen molar-refractivity contribution < 1.29 is 9.53 Å². The molecule has 0 spiro atoms. The van der Waals surface area contributed by atoms with Gasteiger partial charge < -0.3 is 10.1 Å². The summed E-state index contributed by atoms with van der Waals surface area (Å²) in [6.07, 6.45) is 2.93. The molecule has 1 amide bonds.